The number of hydrogen-bond acceptors (Lipinski definition) is 4. The lowest BCUT2D eigenvalue weighted by Gasteiger charge is -2.44. The summed E-state index contributed by atoms with van der Waals surface area (Å²) in [6.07, 6.45) is 6.61. The van der Waals surface area contributed by atoms with Crippen LogP contribution in [0.4, 0.5) is 0 Å². The molecular formula is C16H31N3O. The fourth-order valence-corrected chi connectivity index (χ4v) is 4.44. The first kappa shape index (κ1) is 14.8. The maximum atomic E-state index is 6.24. The molecular weight excluding hydrogens is 250 g/mol. The van der Waals surface area contributed by atoms with Crippen LogP contribution >= 0.6 is 0 Å². The van der Waals surface area contributed by atoms with Crippen LogP contribution in [0.5, 0.6) is 0 Å². The molecule has 4 nitrogen and oxygen atoms in total. The predicted octanol–water partition coefficient (Wildman–Crippen LogP) is 1.30. The molecule has 3 aliphatic rings. The molecule has 0 aromatic heterocycles. The zero-order valence-corrected chi connectivity index (χ0v) is 13.2. The molecule has 3 rings (SSSR count). The molecule has 2 unspecified atom stereocenters. The summed E-state index contributed by atoms with van der Waals surface area (Å²) >= 11 is 0. The molecule has 0 radical (unpaired) electrons. The van der Waals surface area contributed by atoms with Gasteiger partial charge in [0, 0.05) is 44.4 Å². The van der Waals surface area contributed by atoms with E-state index in [2.05, 4.69) is 16.7 Å². The van der Waals surface area contributed by atoms with Crippen molar-refractivity contribution in [3.8, 4) is 0 Å². The number of nitrogens with two attached hydrogens (primary N) is 1. The molecule has 2 saturated heterocycles. The Balaban J connectivity index is 1.62. The number of rotatable bonds is 5. The Morgan fingerprint density at radius 2 is 1.90 bits per heavy atom. The van der Waals surface area contributed by atoms with E-state index < -0.39 is 0 Å². The summed E-state index contributed by atoms with van der Waals surface area (Å²) in [5.74, 6) is 0.754. The van der Waals surface area contributed by atoms with Crippen LogP contribution in [0.2, 0.25) is 0 Å². The van der Waals surface area contributed by atoms with Crippen LogP contribution in [-0.4, -0.2) is 67.3 Å². The van der Waals surface area contributed by atoms with Gasteiger partial charge in [0.2, 0.25) is 0 Å². The molecule has 1 saturated carbocycles. The number of piperidine rings is 1. The summed E-state index contributed by atoms with van der Waals surface area (Å²) in [6.45, 7) is 7.74. The summed E-state index contributed by atoms with van der Waals surface area (Å²) < 4.78 is 5.32. The van der Waals surface area contributed by atoms with Crippen molar-refractivity contribution in [3.05, 3.63) is 0 Å². The Hall–Kier alpha value is -0.160. The smallest absolute Gasteiger partial charge is 0.0491 e. The molecule has 2 N–H and O–H groups in total. The quantitative estimate of drug-likeness (QED) is 0.825. The van der Waals surface area contributed by atoms with Gasteiger partial charge in [-0.05, 0) is 58.0 Å². The van der Waals surface area contributed by atoms with Crippen molar-refractivity contribution in [1.82, 2.24) is 9.80 Å². The van der Waals surface area contributed by atoms with Gasteiger partial charge in [0.25, 0.3) is 0 Å². The SMILES string of the molecule is COCC1CCN(C2(CN)CC(C)N(C3CC3)C2)CC1. The zero-order chi connectivity index (χ0) is 14.2. The fraction of sp³-hybridized carbons (Fsp3) is 1.00. The van der Waals surface area contributed by atoms with Gasteiger partial charge in [-0.25, -0.2) is 0 Å². The Morgan fingerprint density at radius 1 is 1.20 bits per heavy atom. The Kier molecular flexibility index (Phi) is 4.37. The first-order chi connectivity index (χ1) is 9.68. The normalized spacial score (nSPS) is 37.6. The highest BCUT2D eigenvalue weighted by Gasteiger charge is 2.49. The topological polar surface area (TPSA) is 41.7 Å². The van der Waals surface area contributed by atoms with Crippen LogP contribution in [0.3, 0.4) is 0 Å². The van der Waals surface area contributed by atoms with Gasteiger partial charge in [0.1, 0.15) is 0 Å². The van der Waals surface area contributed by atoms with Crippen molar-refractivity contribution in [2.45, 2.75) is 56.7 Å². The average molecular weight is 281 g/mol. The third kappa shape index (κ3) is 2.76. The Morgan fingerprint density at radius 3 is 2.45 bits per heavy atom. The standard InChI is InChI=1S/C16H31N3O/c1-13-9-16(11-17,12-19(13)15-3-4-15)18-7-5-14(6-8-18)10-20-2/h13-15H,3-12,17H2,1-2H3. The molecule has 4 heteroatoms. The molecule has 2 atom stereocenters. The molecule has 0 aromatic carbocycles. The third-order valence-electron chi connectivity index (χ3n) is 5.80. The maximum absolute atomic E-state index is 6.24. The van der Waals surface area contributed by atoms with Crippen molar-refractivity contribution in [2.75, 3.05) is 39.9 Å². The fourth-order valence-electron chi connectivity index (χ4n) is 4.44. The molecule has 0 spiro atoms. The number of ether oxygens (including phenoxy) is 1. The number of likely N-dealkylation sites (tertiary alicyclic amines) is 2. The minimum Gasteiger partial charge on any atom is -0.384 e. The van der Waals surface area contributed by atoms with E-state index in [0.29, 0.717) is 6.04 Å². The molecule has 0 aromatic rings. The van der Waals surface area contributed by atoms with Gasteiger partial charge >= 0.3 is 0 Å². The highest BCUT2D eigenvalue weighted by Crippen LogP contribution is 2.40. The van der Waals surface area contributed by atoms with Crippen LogP contribution in [0.15, 0.2) is 0 Å². The van der Waals surface area contributed by atoms with E-state index in [1.54, 1.807) is 0 Å². The van der Waals surface area contributed by atoms with Crippen LogP contribution < -0.4 is 5.73 Å². The van der Waals surface area contributed by atoms with Gasteiger partial charge in [0.05, 0.1) is 0 Å². The first-order valence-corrected chi connectivity index (χ1v) is 8.38. The van der Waals surface area contributed by atoms with Crippen molar-refractivity contribution >= 4 is 0 Å². The summed E-state index contributed by atoms with van der Waals surface area (Å²) in [4.78, 5) is 5.44. The van der Waals surface area contributed by atoms with Gasteiger partial charge in [-0.1, -0.05) is 0 Å². The predicted molar refractivity (Wildman–Crippen MR) is 81.8 cm³/mol. The van der Waals surface area contributed by atoms with Gasteiger partial charge in [-0.3, -0.25) is 9.80 Å². The molecule has 2 aliphatic heterocycles. The maximum Gasteiger partial charge on any atom is 0.0491 e. The van der Waals surface area contributed by atoms with E-state index in [1.807, 2.05) is 7.11 Å². The Labute approximate surface area is 123 Å². The molecule has 3 fully saturated rings. The van der Waals surface area contributed by atoms with Crippen LogP contribution in [0, 0.1) is 5.92 Å². The molecule has 0 bridgehead atoms. The second-order valence-corrected chi connectivity index (χ2v) is 7.27. The number of nitrogens with zero attached hydrogens (tertiary/aromatic N) is 2. The third-order valence-corrected chi connectivity index (χ3v) is 5.80. The molecule has 1 aliphatic carbocycles. The molecule has 20 heavy (non-hydrogen) atoms. The van der Waals surface area contributed by atoms with Crippen LogP contribution in [0.1, 0.15) is 39.0 Å². The van der Waals surface area contributed by atoms with Crippen molar-refractivity contribution in [2.24, 2.45) is 11.7 Å². The van der Waals surface area contributed by atoms with Gasteiger partial charge in [-0.15, -0.1) is 0 Å². The first-order valence-electron chi connectivity index (χ1n) is 8.38. The van der Waals surface area contributed by atoms with E-state index in [0.717, 1.165) is 25.1 Å². The van der Waals surface area contributed by atoms with Crippen LogP contribution in [0.25, 0.3) is 0 Å². The summed E-state index contributed by atoms with van der Waals surface area (Å²) in [7, 11) is 1.82. The minimum absolute atomic E-state index is 0.250. The van der Waals surface area contributed by atoms with Crippen molar-refractivity contribution in [3.63, 3.8) is 0 Å². The zero-order valence-electron chi connectivity index (χ0n) is 13.2. The lowest BCUT2D eigenvalue weighted by molar-refractivity contribution is 0.0372. The minimum atomic E-state index is 0.250. The largest absolute Gasteiger partial charge is 0.384 e. The van der Waals surface area contributed by atoms with Gasteiger partial charge in [-0.2, -0.15) is 0 Å². The lowest BCUT2D eigenvalue weighted by atomic mass is 9.88. The monoisotopic (exact) mass is 281 g/mol. The Bertz CT molecular complexity index is 326. The summed E-state index contributed by atoms with van der Waals surface area (Å²) in [5.41, 5.74) is 6.49. The van der Waals surface area contributed by atoms with E-state index in [9.17, 15) is 0 Å². The van der Waals surface area contributed by atoms with E-state index in [4.69, 9.17) is 10.5 Å². The lowest BCUT2D eigenvalue weighted by Crippen LogP contribution is -2.58. The average Bonchev–Trinajstić information content (AvgIpc) is 3.24. The van der Waals surface area contributed by atoms with Crippen molar-refractivity contribution < 1.29 is 4.74 Å². The van der Waals surface area contributed by atoms with Crippen molar-refractivity contribution in [1.29, 1.82) is 0 Å². The molecule has 116 valence electrons. The second-order valence-electron chi connectivity index (χ2n) is 7.27. The van der Waals surface area contributed by atoms with Gasteiger partial charge < -0.3 is 10.5 Å². The molecule has 0 amide bonds. The molecule has 2 heterocycles. The van der Waals surface area contributed by atoms with E-state index in [-0.39, 0.29) is 5.54 Å². The number of methoxy groups -OCH3 is 1. The van der Waals surface area contributed by atoms with E-state index in [1.165, 1.54) is 51.7 Å². The second kappa shape index (κ2) is 5.91. The number of hydrogen-bond donors (Lipinski definition) is 1. The summed E-state index contributed by atoms with van der Waals surface area (Å²) in [6, 6.07) is 1.58. The van der Waals surface area contributed by atoms with E-state index >= 15 is 0 Å². The van der Waals surface area contributed by atoms with Gasteiger partial charge in [0.15, 0.2) is 0 Å². The summed E-state index contributed by atoms with van der Waals surface area (Å²) in [5, 5.41) is 0. The highest BCUT2D eigenvalue weighted by molar-refractivity contribution is 5.07. The highest BCUT2D eigenvalue weighted by atomic mass is 16.5. The van der Waals surface area contributed by atoms with Crippen LogP contribution in [-0.2, 0) is 4.74 Å².